The third-order valence-corrected chi connectivity index (χ3v) is 12.6. The molecule has 3 N–H and O–H groups in total. The van der Waals surface area contributed by atoms with E-state index in [9.17, 15) is 19.8 Å². The number of para-hydroxylation sites is 1. The summed E-state index contributed by atoms with van der Waals surface area (Å²) in [7, 11) is 5.05. The molecule has 0 aromatic heterocycles. The number of carbonyl (C=O) groups excluding carboxylic acids is 2. The Hall–Kier alpha value is -2.08. The number of ether oxygens (including phenoxy) is 4. The lowest BCUT2D eigenvalue weighted by molar-refractivity contribution is -0.337. The van der Waals surface area contributed by atoms with E-state index in [0.717, 1.165) is 0 Å². The molecular formula is C32H44N2O8. The topological polar surface area (TPSA) is 127 Å². The molecule has 1 heterocycles. The summed E-state index contributed by atoms with van der Waals surface area (Å²) in [5.74, 6) is -1.54. The Morgan fingerprint density at radius 2 is 1.83 bits per heavy atom. The van der Waals surface area contributed by atoms with Crippen LogP contribution in [-0.4, -0.2) is 103 Å². The number of likely N-dealkylation sites (N-methyl/N-ethyl adjacent to an activating group) is 1. The number of rotatable bonds is 7. The van der Waals surface area contributed by atoms with Crippen molar-refractivity contribution >= 4 is 17.6 Å². The van der Waals surface area contributed by atoms with Gasteiger partial charge in [-0.2, -0.15) is 0 Å². The summed E-state index contributed by atoms with van der Waals surface area (Å²) in [5.41, 5.74) is -3.57. The van der Waals surface area contributed by atoms with E-state index in [2.05, 4.69) is 17.1 Å². The quantitative estimate of drug-likeness (QED) is 0.414. The van der Waals surface area contributed by atoms with Crippen molar-refractivity contribution < 1.29 is 38.7 Å². The van der Waals surface area contributed by atoms with Crippen LogP contribution in [0.3, 0.4) is 0 Å². The summed E-state index contributed by atoms with van der Waals surface area (Å²) < 4.78 is 25.1. The van der Waals surface area contributed by atoms with Crippen LogP contribution in [0.1, 0.15) is 56.3 Å². The molecule has 42 heavy (non-hydrogen) atoms. The number of benzene rings is 1. The van der Waals surface area contributed by atoms with Crippen molar-refractivity contribution in [3.05, 3.63) is 29.8 Å². The second-order valence-corrected chi connectivity index (χ2v) is 13.7. The first-order valence-electron chi connectivity index (χ1n) is 15.4. The number of likely N-dealkylation sites (tertiary alicyclic amines) is 1. The molecule has 1 aromatic carbocycles. The molecule has 1 unspecified atom stereocenters. The predicted molar refractivity (Wildman–Crippen MR) is 152 cm³/mol. The van der Waals surface area contributed by atoms with Gasteiger partial charge in [-0.3, -0.25) is 9.69 Å². The van der Waals surface area contributed by atoms with Crippen LogP contribution in [0, 0.1) is 29.1 Å². The Morgan fingerprint density at radius 3 is 2.50 bits per heavy atom. The number of methoxy groups -OCH3 is 3. The highest BCUT2D eigenvalue weighted by Crippen LogP contribution is 2.79. The zero-order valence-corrected chi connectivity index (χ0v) is 25.2. The van der Waals surface area contributed by atoms with E-state index in [-0.39, 0.29) is 47.8 Å². The van der Waals surface area contributed by atoms with Crippen molar-refractivity contribution in [3.8, 4) is 0 Å². The monoisotopic (exact) mass is 584 g/mol. The maximum absolute atomic E-state index is 14.0. The first-order chi connectivity index (χ1) is 20.1. The van der Waals surface area contributed by atoms with Gasteiger partial charge in [0.2, 0.25) is 5.91 Å². The molecule has 1 saturated heterocycles. The third-order valence-electron chi connectivity index (χ3n) is 12.6. The number of nitrogens with zero attached hydrogens (tertiary/aromatic N) is 1. The van der Waals surface area contributed by atoms with Crippen molar-refractivity contribution in [1.82, 2.24) is 4.90 Å². The van der Waals surface area contributed by atoms with Crippen LogP contribution in [0.5, 0.6) is 0 Å². The maximum atomic E-state index is 14.0. The molecule has 5 saturated carbocycles. The number of hydrogen-bond donors (Lipinski definition) is 3. The van der Waals surface area contributed by atoms with Crippen molar-refractivity contribution in [2.45, 2.75) is 87.1 Å². The molecule has 1 spiro atoms. The van der Waals surface area contributed by atoms with Gasteiger partial charge >= 0.3 is 5.97 Å². The zero-order valence-electron chi connectivity index (χ0n) is 25.2. The summed E-state index contributed by atoms with van der Waals surface area (Å²) in [4.78, 5) is 28.3. The highest BCUT2D eigenvalue weighted by molar-refractivity contribution is 6.00. The lowest BCUT2D eigenvalue weighted by Gasteiger charge is -2.70. The number of esters is 1. The highest BCUT2D eigenvalue weighted by Gasteiger charge is 2.89. The van der Waals surface area contributed by atoms with Gasteiger partial charge in [-0.15, -0.1) is 0 Å². The van der Waals surface area contributed by atoms with Gasteiger partial charge in [0.15, 0.2) is 0 Å². The van der Waals surface area contributed by atoms with Crippen molar-refractivity contribution in [3.63, 3.8) is 0 Å². The molecule has 0 radical (unpaired) electrons. The van der Waals surface area contributed by atoms with Crippen molar-refractivity contribution in [2.24, 2.45) is 29.1 Å². The first-order valence-corrected chi connectivity index (χ1v) is 15.4. The molecule has 10 nitrogen and oxygen atoms in total. The SMILES string of the molecule is CCN1C[C@]2(OC(=O)c3ccccc3NC(C)=O)CC[C@H](OC)[C@@]34[C@@H]2CC([C@@H]13)[C@@]1(O)C[C@H](OC)[C@H]2C[C@@H]4[C@]1(O)[C@H]2OC. The fourth-order valence-electron chi connectivity index (χ4n) is 11.6. The second kappa shape index (κ2) is 9.46. The minimum absolute atomic E-state index is 0.0432. The second-order valence-electron chi connectivity index (χ2n) is 13.7. The van der Waals surface area contributed by atoms with E-state index in [0.29, 0.717) is 56.4 Å². The van der Waals surface area contributed by atoms with E-state index in [1.165, 1.54) is 6.92 Å². The largest absolute Gasteiger partial charge is 0.454 e. The van der Waals surface area contributed by atoms with Gasteiger partial charge in [0.05, 0.1) is 29.6 Å². The zero-order chi connectivity index (χ0) is 29.8. The van der Waals surface area contributed by atoms with Crippen LogP contribution in [0.25, 0.3) is 0 Å². The van der Waals surface area contributed by atoms with Gasteiger partial charge in [0.25, 0.3) is 0 Å². The number of aliphatic hydroxyl groups is 2. The Balaban J connectivity index is 1.38. The molecule has 230 valence electrons. The molecule has 6 fully saturated rings. The van der Waals surface area contributed by atoms with Crippen LogP contribution < -0.4 is 5.32 Å². The number of piperidine rings is 1. The summed E-state index contributed by atoms with van der Waals surface area (Å²) in [6, 6.07) is 6.89. The normalized spacial score (nSPS) is 48.2. The lowest BCUT2D eigenvalue weighted by atomic mass is 9.44. The standard InChI is InChI=1S/C32H44N2O8/c1-6-34-16-29(42-28(36)18-9-7-8-10-21(18)33-17(2)35)12-11-25(40-4)31-23(29)14-20(26(31)34)30(37)15-22(39-3)19-13-24(31)32(30,38)27(19)41-5/h7-10,19-20,22-27,37-38H,6,11-16H2,1-5H3,(H,33,35)/t19-,20?,22+,23-,24+,25+,26-,27+,29-,30+,31+,32+/m1/s1. The van der Waals surface area contributed by atoms with Crippen LogP contribution in [0.2, 0.25) is 0 Å². The number of anilines is 1. The molecular weight excluding hydrogens is 540 g/mol. The van der Waals surface area contributed by atoms with Crippen molar-refractivity contribution in [2.75, 3.05) is 39.7 Å². The van der Waals surface area contributed by atoms with E-state index >= 15 is 0 Å². The molecule has 12 atom stereocenters. The van der Waals surface area contributed by atoms with E-state index in [4.69, 9.17) is 18.9 Å². The smallest absolute Gasteiger partial charge is 0.340 e. The third kappa shape index (κ3) is 3.21. The number of hydrogen-bond acceptors (Lipinski definition) is 9. The molecule has 1 amide bonds. The van der Waals surface area contributed by atoms with E-state index in [1.807, 2.05) is 0 Å². The fraction of sp³-hybridized carbons (Fsp3) is 0.750. The average Bonchev–Trinajstić information content (AvgIpc) is 3.39. The molecule has 6 aliphatic rings. The Bertz CT molecular complexity index is 1290. The van der Waals surface area contributed by atoms with E-state index < -0.39 is 34.3 Å². The summed E-state index contributed by atoms with van der Waals surface area (Å²) in [5, 5.41) is 28.4. The predicted octanol–water partition coefficient (Wildman–Crippen LogP) is 2.22. The van der Waals surface area contributed by atoms with Crippen LogP contribution >= 0.6 is 0 Å². The Morgan fingerprint density at radius 1 is 1.07 bits per heavy atom. The van der Waals surface area contributed by atoms with Gasteiger partial charge in [-0.05, 0) is 44.4 Å². The molecule has 7 bridgehead atoms. The lowest BCUT2D eigenvalue weighted by Crippen LogP contribution is -2.83. The van der Waals surface area contributed by atoms with Gasteiger partial charge in [-0.1, -0.05) is 19.1 Å². The minimum atomic E-state index is -1.48. The molecule has 1 aromatic rings. The highest BCUT2D eigenvalue weighted by atomic mass is 16.6. The summed E-state index contributed by atoms with van der Waals surface area (Å²) in [6.07, 6.45) is 1.91. The minimum Gasteiger partial charge on any atom is -0.454 e. The Labute approximate surface area is 247 Å². The van der Waals surface area contributed by atoms with Crippen LogP contribution in [0.15, 0.2) is 24.3 Å². The van der Waals surface area contributed by atoms with Crippen LogP contribution in [0.4, 0.5) is 5.69 Å². The molecule has 5 aliphatic carbocycles. The summed E-state index contributed by atoms with van der Waals surface area (Å²) in [6.45, 7) is 4.79. The maximum Gasteiger partial charge on any atom is 0.340 e. The van der Waals surface area contributed by atoms with Gasteiger partial charge < -0.3 is 34.5 Å². The molecule has 10 heteroatoms. The van der Waals surface area contributed by atoms with Crippen LogP contribution in [-0.2, 0) is 23.7 Å². The number of fused-ring (bicyclic) bond motifs is 2. The summed E-state index contributed by atoms with van der Waals surface area (Å²) >= 11 is 0. The first kappa shape index (κ1) is 28.7. The number of carbonyl (C=O) groups is 2. The number of amides is 1. The molecule has 7 rings (SSSR count). The Kier molecular flexibility index (Phi) is 6.46. The van der Waals surface area contributed by atoms with Gasteiger partial charge in [0, 0.05) is 76.3 Å². The van der Waals surface area contributed by atoms with E-state index in [1.54, 1.807) is 45.6 Å². The average molecular weight is 585 g/mol. The fourth-order valence-corrected chi connectivity index (χ4v) is 11.6. The van der Waals surface area contributed by atoms with Gasteiger partial charge in [0.1, 0.15) is 16.8 Å². The van der Waals surface area contributed by atoms with Gasteiger partial charge in [-0.25, -0.2) is 4.79 Å². The molecule has 1 aliphatic heterocycles. The number of nitrogens with one attached hydrogen (secondary N) is 1. The van der Waals surface area contributed by atoms with Crippen molar-refractivity contribution in [1.29, 1.82) is 0 Å².